The number of rotatable bonds is 6. The molecule has 0 amide bonds. The first-order valence-corrected chi connectivity index (χ1v) is 11.7. The fourth-order valence-corrected chi connectivity index (χ4v) is 4.03. The molecule has 3 aromatic carbocycles. The Morgan fingerprint density at radius 2 is 1.35 bits per heavy atom. The first kappa shape index (κ1) is 26.0. The molecule has 1 heterocycles. The Bertz CT molecular complexity index is 1540. The molecule has 3 nitrogen and oxygen atoms in total. The normalized spacial score (nSPS) is 11.7. The lowest BCUT2D eigenvalue weighted by Crippen LogP contribution is -1.96. The lowest BCUT2D eigenvalue weighted by atomic mass is 9.99. The minimum Gasteiger partial charge on any atom is -0.236 e. The van der Waals surface area contributed by atoms with Gasteiger partial charge in [-0.3, -0.25) is 0 Å². The summed E-state index contributed by atoms with van der Waals surface area (Å²) in [5, 5.41) is 7.73. The van der Waals surface area contributed by atoms with Gasteiger partial charge in [0.1, 0.15) is 34.9 Å². The molecule has 4 rings (SSSR count). The maximum Gasteiger partial charge on any atom is 0.192 e. The first-order valence-electron chi connectivity index (χ1n) is 10.7. The monoisotopic (exact) mass is 527 g/mol. The molecule has 1 aromatic heterocycles. The summed E-state index contributed by atoms with van der Waals surface area (Å²) < 4.78 is 85.3. The minimum absolute atomic E-state index is 0.00487. The van der Waals surface area contributed by atoms with E-state index in [4.69, 9.17) is 5.26 Å². The Hall–Kier alpha value is -4.10. The number of thioether (sulfide) groups is 1. The quantitative estimate of drug-likeness (QED) is 0.237. The molecule has 0 unspecified atom stereocenters. The van der Waals surface area contributed by atoms with Crippen molar-refractivity contribution in [1.29, 1.82) is 5.26 Å². The van der Waals surface area contributed by atoms with E-state index in [9.17, 15) is 26.3 Å². The van der Waals surface area contributed by atoms with Crippen LogP contribution in [-0.4, -0.2) is 15.7 Å². The summed E-state index contributed by atoms with van der Waals surface area (Å²) in [6.07, 6.45) is 2.50. The zero-order valence-electron chi connectivity index (χ0n) is 19.0. The molecule has 10 heteroatoms. The number of hydrogen-bond acceptors (Lipinski definition) is 4. The lowest BCUT2D eigenvalue weighted by Gasteiger charge is -2.09. The maximum atomic E-state index is 14.9. The summed E-state index contributed by atoms with van der Waals surface area (Å²) in [4.78, 5) is 8.05. The van der Waals surface area contributed by atoms with Crippen LogP contribution in [0.4, 0.5) is 26.3 Å². The van der Waals surface area contributed by atoms with E-state index in [0.717, 1.165) is 24.3 Å². The summed E-state index contributed by atoms with van der Waals surface area (Å²) in [5.74, 6) is -4.61. The van der Waals surface area contributed by atoms with Gasteiger partial charge < -0.3 is 0 Å². The predicted octanol–water partition coefficient (Wildman–Crippen LogP) is 8.22. The number of nitriles is 1. The zero-order valence-corrected chi connectivity index (χ0v) is 19.8. The van der Waals surface area contributed by atoms with E-state index < -0.39 is 39.8 Å². The Labute approximate surface area is 212 Å². The van der Waals surface area contributed by atoms with Gasteiger partial charge in [-0.15, -0.1) is 0 Å². The average molecular weight is 527 g/mol. The molecule has 0 spiro atoms. The second-order valence-corrected chi connectivity index (χ2v) is 8.86. The van der Waals surface area contributed by atoms with E-state index in [2.05, 4.69) is 9.97 Å². The molecule has 0 aliphatic rings. The standard InChI is InChI=1S/C27H15F6N3S/c1-2-37-26(33)25(32)15-4-6-18(22(29)8-15)14-3-5-19(21(28)7-14)17-12-35-27(36-13-17)16-9-23(30)20(11-34)24(31)10-16/h3-10,12-13H,2H2,1H3. The third-order valence-electron chi connectivity index (χ3n) is 5.32. The van der Waals surface area contributed by atoms with Gasteiger partial charge in [0, 0.05) is 40.2 Å². The highest BCUT2D eigenvalue weighted by Crippen LogP contribution is 2.33. The smallest absolute Gasteiger partial charge is 0.192 e. The van der Waals surface area contributed by atoms with Crippen LogP contribution in [0.5, 0.6) is 0 Å². The molecule has 37 heavy (non-hydrogen) atoms. The van der Waals surface area contributed by atoms with Gasteiger partial charge in [-0.1, -0.05) is 43.0 Å². The van der Waals surface area contributed by atoms with E-state index >= 15 is 0 Å². The maximum absolute atomic E-state index is 14.9. The van der Waals surface area contributed by atoms with Gasteiger partial charge in [0.05, 0.1) is 0 Å². The van der Waals surface area contributed by atoms with Crippen molar-refractivity contribution < 1.29 is 26.3 Å². The number of hydrogen-bond donors (Lipinski definition) is 0. The third kappa shape index (κ3) is 5.37. The molecule has 0 bridgehead atoms. The van der Waals surface area contributed by atoms with Gasteiger partial charge in [-0.05, 0) is 35.6 Å². The third-order valence-corrected chi connectivity index (χ3v) is 6.04. The van der Waals surface area contributed by atoms with E-state index in [0.29, 0.717) is 17.5 Å². The van der Waals surface area contributed by atoms with Gasteiger partial charge in [0.15, 0.2) is 16.8 Å². The van der Waals surface area contributed by atoms with Gasteiger partial charge in [-0.2, -0.15) is 9.65 Å². The van der Waals surface area contributed by atoms with Crippen LogP contribution in [0.2, 0.25) is 0 Å². The van der Waals surface area contributed by atoms with Gasteiger partial charge in [0.2, 0.25) is 0 Å². The highest BCUT2D eigenvalue weighted by Gasteiger charge is 2.16. The van der Waals surface area contributed by atoms with E-state index in [1.165, 1.54) is 42.7 Å². The molecular formula is C27H15F6N3S. The molecule has 0 atom stereocenters. The molecule has 0 radical (unpaired) electrons. The van der Waals surface area contributed by atoms with Crippen LogP contribution in [0.15, 0.2) is 66.1 Å². The van der Waals surface area contributed by atoms with Crippen molar-refractivity contribution in [2.24, 2.45) is 0 Å². The highest BCUT2D eigenvalue weighted by atomic mass is 32.2. The summed E-state index contributed by atoms with van der Waals surface area (Å²) >= 11 is 0.655. The fraction of sp³-hybridized carbons (Fsp3) is 0.0741. The molecule has 0 aliphatic heterocycles. The second-order valence-electron chi connectivity index (χ2n) is 7.63. The van der Waals surface area contributed by atoms with Crippen LogP contribution in [0.3, 0.4) is 0 Å². The predicted molar refractivity (Wildman–Crippen MR) is 130 cm³/mol. The number of halogens is 6. The van der Waals surface area contributed by atoms with Crippen LogP contribution in [0.1, 0.15) is 18.1 Å². The van der Waals surface area contributed by atoms with Crippen molar-refractivity contribution >= 4 is 17.6 Å². The van der Waals surface area contributed by atoms with Crippen molar-refractivity contribution in [3.8, 4) is 39.7 Å². The summed E-state index contributed by atoms with van der Waals surface area (Å²) in [7, 11) is 0. The van der Waals surface area contributed by atoms with Crippen molar-refractivity contribution in [3.05, 3.63) is 100 Å². The number of aromatic nitrogens is 2. The Kier molecular flexibility index (Phi) is 7.64. The summed E-state index contributed by atoms with van der Waals surface area (Å²) in [6, 6.07) is 10.4. The number of nitrogens with zero attached hydrogens (tertiary/aromatic N) is 3. The molecule has 186 valence electrons. The van der Waals surface area contributed by atoms with Gasteiger partial charge in [-0.25, -0.2) is 31.9 Å². The second kappa shape index (κ2) is 10.9. The van der Waals surface area contributed by atoms with E-state index in [1.807, 2.05) is 0 Å². The van der Waals surface area contributed by atoms with Crippen molar-refractivity contribution in [2.75, 3.05) is 5.75 Å². The first-order chi connectivity index (χ1) is 17.7. The van der Waals surface area contributed by atoms with Crippen molar-refractivity contribution in [1.82, 2.24) is 9.97 Å². The molecule has 0 aliphatic carbocycles. The highest BCUT2D eigenvalue weighted by molar-refractivity contribution is 8.03. The largest absolute Gasteiger partial charge is 0.236 e. The molecule has 4 aromatic rings. The summed E-state index contributed by atoms with van der Waals surface area (Å²) in [6.45, 7) is 1.65. The molecule has 0 fully saturated rings. The minimum atomic E-state index is -1.17. The Balaban J connectivity index is 1.61. The van der Waals surface area contributed by atoms with Crippen molar-refractivity contribution in [2.45, 2.75) is 6.92 Å². The van der Waals surface area contributed by atoms with Crippen LogP contribution < -0.4 is 0 Å². The lowest BCUT2D eigenvalue weighted by molar-refractivity contribution is 0.577. The summed E-state index contributed by atoms with van der Waals surface area (Å²) in [5.41, 5.74) is -0.517. The topological polar surface area (TPSA) is 49.6 Å². The molecule has 0 N–H and O–H groups in total. The van der Waals surface area contributed by atoms with Gasteiger partial charge >= 0.3 is 0 Å². The van der Waals surface area contributed by atoms with E-state index in [1.54, 1.807) is 6.92 Å². The molecule has 0 saturated carbocycles. The SMILES string of the molecule is CCSC(F)=C(F)c1ccc(-c2ccc(-c3cnc(-c4cc(F)c(C#N)c(F)c4)nc3)c(F)c2)c(F)c1. The molecule has 0 saturated heterocycles. The Morgan fingerprint density at radius 1 is 0.784 bits per heavy atom. The van der Waals surface area contributed by atoms with Crippen LogP contribution in [-0.2, 0) is 0 Å². The van der Waals surface area contributed by atoms with Crippen molar-refractivity contribution in [3.63, 3.8) is 0 Å². The van der Waals surface area contributed by atoms with Crippen LogP contribution >= 0.6 is 11.8 Å². The van der Waals surface area contributed by atoms with Gasteiger partial charge in [0.25, 0.3) is 0 Å². The molecular weight excluding hydrogens is 512 g/mol. The van der Waals surface area contributed by atoms with Crippen LogP contribution in [0, 0.1) is 34.6 Å². The van der Waals surface area contributed by atoms with Crippen LogP contribution in [0.25, 0.3) is 39.5 Å². The van der Waals surface area contributed by atoms with E-state index in [-0.39, 0.29) is 39.2 Å². The number of benzene rings is 3. The Morgan fingerprint density at radius 3 is 1.92 bits per heavy atom. The average Bonchev–Trinajstić information content (AvgIpc) is 2.88. The zero-order chi connectivity index (χ0) is 26.7. The fourth-order valence-electron chi connectivity index (χ4n) is 3.53.